The highest BCUT2D eigenvalue weighted by Gasteiger charge is 2.30. The van der Waals surface area contributed by atoms with E-state index in [9.17, 15) is 13.0 Å². The lowest BCUT2D eigenvalue weighted by Gasteiger charge is -2.28. The van der Waals surface area contributed by atoms with Gasteiger partial charge in [-0.1, -0.05) is 13.0 Å². The topological polar surface area (TPSA) is 123 Å². The van der Waals surface area contributed by atoms with Crippen LogP contribution in [0, 0.1) is 16.4 Å². The van der Waals surface area contributed by atoms with Gasteiger partial charge in [0.1, 0.15) is 18.0 Å². The third-order valence-electron chi connectivity index (χ3n) is 6.30. The van der Waals surface area contributed by atoms with Gasteiger partial charge in [0.2, 0.25) is 0 Å². The molecule has 9 nitrogen and oxygen atoms in total. The summed E-state index contributed by atoms with van der Waals surface area (Å²) in [5, 5.41) is 13.0. The van der Waals surface area contributed by atoms with Gasteiger partial charge >= 0.3 is 0 Å². The Morgan fingerprint density at radius 1 is 1.14 bits per heavy atom. The second kappa shape index (κ2) is 9.41. The van der Waals surface area contributed by atoms with Crippen LogP contribution in [0.2, 0.25) is 0 Å². The van der Waals surface area contributed by atoms with E-state index in [0.717, 1.165) is 29.8 Å². The minimum Gasteiger partial charge on any atom is -0.253 e. The van der Waals surface area contributed by atoms with Crippen LogP contribution in [0.15, 0.2) is 42.9 Å². The molecule has 5 rings (SSSR count). The van der Waals surface area contributed by atoms with E-state index in [1.807, 2.05) is 6.07 Å². The largest absolute Gasteiger partial charge is 0.253 e. The molecule has 0 saturated heterocycles. The number of aryl methyl sites for hydroxylation is 1. The zero-order valence-electron chi connectivity index (χ0n) is 19.7. The Balaban J connectivity index is 1.47. The van der Waals surface area contributed by atoms with Crippen LogP contribution in [0.5, 0.6) is 0 Å². The van der Waals surface area contributed by atoms with Crippen molar-refractivity contribution in [1.82, 2.24) is 34.9 Å². The first-order chi connectivity index (χ1) is 17.2. The van der Waals surface area contributed by atoms with E-state index in [0.29, 0.717) is 18.2 Å². The molecule has 0 bridgehead atoms. The zero-order chi connectivity index (χ0) is 25.4. The van der Waals surface area contributed by atoms with E-state index in [2.05, 4.69) is 37.2 Å². The second-order valence-corrected chi connectivity index (χ2v) is 11.5. The molecule has 1 N–H and O–H groups in total. The molecule has 3 aromatic heterocycles. The number of hydrogen-bond acceptors (Lipinski definition) is 8. The normalized spacial score (nSPS) is 19.0. The molecule has 12 heteroatoms. The monoisotopic (exact) mass is 510 g/mol. The lowest BCUT2D eigenvalue weighted by molar-refractivity contribution is 0.517. The summed E-state index contributed by atoms with van der Waals surface area (Å²) in [5.74, 6) is -0.422. The molecule has 0 aliphatic heterocycles. The fraction of sp³-hybridized carbons (Fsp3) is 0.333. The minimum atomic E-state index is -2.63. The summed E-state index contributed by atoms with van der Waals surface area (Å²) in [6.07, 6.45) is 6.46. The van der Waals surface area contributed by atoms with Crippen molar-refractivity contribution in [3.63, 3.8) is 0 Å². The number of hydrogen-bond donors (Lipinski definition) is 1. The quantitative estimate of drug-likeness (QED) is 0.415. The predicted molar refractivity (Wildman–Crippen MR) is 129 cm³/mol. The molecule has 1 aromatic carbocycles. The number of fused-ring (bicyclic) bond motifs is 1. The van der Waals surface area contributed by atoms with Crippen LogP contribution in [0.25, 0.3) is 17.2 Å². The minimum absolute atomic E-state index is 0.144. The van der Waals surface area contributed by atoms with Crippen molar-refractivity contribution < 1.29 is 13.0 Å². The van der Waals surface area contributed by atoms with Gasteiger partial charge in [-0.05, 0) is 48.6 Å². The van der Waals surface area contributed by atoms with Crippen LogP contribution in [-0.4, -0.2) is 51.1 Å². The summed E-state index contributed by atoms with van der Waals surface area (Å²) in [4.78, 5) is 13.2. The van der Waals surface area contributed by atoms with E-state index in [1.54, 1.807) is 12.3 Å². The maximum atomic E-state index is 14.4. The van der Waals surface area contributed by atoms with E-state index >= 15 is 0 Å². The second-order valence-electron chi connectivity index (χ2n) is 9.04. The van der Waals surface area contributed by atoms with Gasteiger partial charge in [0.25, 0.3) is 5.95 Å². The van der Waals surface area contributed by atoms with E-state index in [4.69, 9.17) is 4.78 Å². The van der Waals surface area contributed by atoms with Crippen LogP contribution >= 0.6 is 0 Å². The lowest BCUT2D eigenvalue weighted by Crippen LogP contribution is -2.19. The lowest BCUT2D eigenvalue weighted by atomic mass is 9.79. The molecule has 1 aliphatic carbocycles. The molecular formula is C24H24F2N8OS. The van der Waals surface area contributed by atoms with E-state index in [-0.39, 0.29) is 28.8 Å². The van der Waals surface area contributed by atoms with Gasteiger partial charge < -0.3 is 0 Å². The third-order valence-corrected chi connectivity index (χ3v) is 7.29. The smallest absolute Gasteiger partial charge is 0.252 e. The van der Waals surface area contributed by atoms with Crippen molar-refractivity contribution in [2.24, 2.45) is 0 Å². The number of aromatic nitrogens is 7. The molecule has 4 aromatic rings. The summed E-state index contributed by atoms with van der Waals surface area (Å²) >= 11 is 0. The highest BCUT2D eigenvalue weighted by Crippen LogP contribution is 2.41. The van der Waals surface area contributed by atoms with E-state index in [1.165, 1.54) is 35.5 Å². The number of benzene rings is 1. The highest BCUT2D eigenvalue weighted by atomic mass is 32.2. The summed E-state index contributed by atoms with van der Waals surface area (Å²) in [7, 11) is -2.63. The van der Waals surface area contributed by atoms with Crippen LogP contribution in [0.1, 0.15) is 54.4 Å². The summed E-state index contributed by atoms with van der Waals surface area (Å²) in [6, 6.07) is 7.27. The number of nitrogens with one attached hydrogen (secondary N) is 1. The summed E-state index contributed by atoms with van der Waals surface area (Å²) in [6.45, 7) is 2.06. The Morgan fingerprint density at radius 2 is 1.92 bits per heavy atom. The van der Waals surface area contributed by atoms with Crippen molar-refractivity contribution >= 4 is 9.73 Å². The van der Waals surface area contributed by atoms with Crippen LogP contribution in [0.3, 0.4) is 0 Å². The van der Waals surface area contributed by atoms with Gasteiger partial charge in [0.05, 0.1) is 22.6 Å². The van der Waals surface area contributed by atoms with Crippen LogP contribution in [-0.2, 0) is 16.1 Å². The van der Waals surface area contributed by atoms with Crippen molar-refractivity contribution in [2.75, 3.05) is 12.0 Å². The Labute approximate surface area is 207 Å². The Morgan fingerprint density at radius 3 is 2.67 bits per heavy atom. The molecule has 0 saturated carbocycles. The average molecular weight is 511 g/mol. The first-order valence-corrected chi connectivity index (χ1v) is 13.6. The van der Waals surface area contributed by atoms with Crippen LogP contribution in [0.4, 0.5) is 8.78 Å². The molecule has 3 heterocycles. The molecule has 0 spiro atoms. The highest BCUT2D eigenvalue weighted by molar-refractivity contribution is 7.91. The van der Waals surface area contributed by atoms with Gasteiger partial charge in [-0.2, -0.15) is 9.78 Å². The first-order valence-electron chi connectivity index (χ1n) is 11.5. The van der Waals surface area contributed by atoms with Gasteiger partial charge in [0, 0.05) is 40.3 Å². The third kappa shape index (κ3) is 4.85. The Hall–Kier alpha value is -3.67. The zero-order valence-corrected chi connectivity index (χ0v) is 20.5. The first kappa shape index (κ1) is 24.0. The number of rotatable bonds is 6. The Kier molecular flexibility index (Phi) is 6.29. The maximum Gasteiger partial charge on any atom is 0.252 e. The van der Waals surface area contributed by atoms with Gasteiger partial charge in [-0.15, -0.1) is 10.2 Å². The van der Waals surface area contributed by atoms with Crippen molar-refractivity contribution in [3.8, 4) is 17.2 Å². The maximum absolute atomic E-state index is 14.4. The van der Waals surface area contributed by atoms with Crippen LogP contribution < -0.4 is 0 Å². The molecule has 0 fully saturated rings. The SMILES string of the molecule is C[C@H]1CCC(c2ccnc(-n3cnc(CCS(C)(=N)=O)n3)n2)c2nnc(-c3c(F)cccc3F)cc21. The van der Waals surface area contributed by atoms with Gasteiger partial charge in [0.15, 0.2) is 5.82 Å². The predicted octanol–water partition coefficient (Wildman–Crippen LogP) is 4.04. The summed E-state index contributed by atoms with van der Waals surface area (Å²) < 4.78 is 49.4. The molecule has 186 valence electrons. The number of halogens is 2. The fourth-order valence-electron chi connectivity index (χ4n) is 4.40. The molecular weight excluding hydrogens is 486 g/mol. The molecule has 0 amide bonds. The Bertz CT molecular complexity index is 1520. The number of nitrogens with zero attached hydrogens (tertiary/aromatic N) is 7. The molecule has 2 unspecified atom stereocenters. The van der Waals surface area contributed by atoms with Crippen molar-refractivity contribution in [1.29, 1.82) is 4.78 Å². The fourth-order valence-corrected chi connectivity index (χ4v) is 4.98. The standard InChI is InChI=1S/C24H24F2N8OS/c1-14-6-7-15(23-16(14)12-20(31-32-23)22-17(25)4-3-5-18(22)26)19-8-10-28-24(30-19)34-13-29-21(33-34)9-11-36(2,27)35/h3-5,8,10,12-15,27H,6-7,9,11H2,1-2H3/t14-,15?,36?/m0/s1. The summed E-state index contributed by atoms with van der Waals surface area (Å²) in [5.41, 5.74) is 2.33. The van der Waals surface area contributed by atoms with Crippen molar-refractivity contribution in [2.45, 2.75) is 38.0 Å². The average Bonchev–Trinajstić information content (AvgIpc) is 3.32. The molecule has 36 heavy (non-hydrogen) atoms. The van der Waals surface area contributed by atoms with E-state index < -0.39 is 21.4 Å². The van der Waals surface area contributed by atoms with Crippen molar-refractivity contribution in [3.05, 3.63) is 77.3 Å². The molecule has 3 atom stereocenters. The van der Waals surface area contributed by atoms with Gasteiger partial charge in [-0.3, -0.25) is 8.99 Å². The molecule has 0 radical (unpaired) electrons. The molecule has 1 aliphatic rings. The van der Waals surface area contributed by atoms with Gasteiger partial charge in [-0.25, -0.2) is 23.7 Å².